The smallest absolute Gasteiger partial charge is 0.407 e. The Hall–Kier alpha value is -2.37. The summed E-state index contributed by atoms with van der Waals surface area (Å²) in [6.07, 6.45) is 0.560. The number of fused-ring (bicyclic) bond motifs is 3. The average molecular weight is 339 g/mol. The molecule has 2 aromatic rings. The van der Waals surface area contributed by atoms with Crippen molar-refractivity contribution in [2.45, 2.75) is 30.4 Å². The highest BCUT2D eigenvalue weighted by Crippen LogP contribution is 2.44. The molecule has 1 unspecified atom stereocenters. The molecule has 0 bridgehead atoms. The van der Waals surface area contributed by atoms with E-state index in [4.69, 9.17) is 4.74 Å². The quantitative estimate of drug-likeness (QED) is 0.782. The monoisotopic (exact) mass is 339 g/mol. The Labute approximate surface area is 146 Å². The molecule has 0 heterocycles. The molecule has 130 valence electrons. The van der Waals surface area contributed by atoms with E-state index in [0.717, 1.165) is 11.1 Å². The first-order chi connectivity index (χ1) is 12.1. The standard InChI is InChI=1S/C20H21NO4/c22-11-18(20(24)9-10-20)21-19(23)25-12-17-15-7-3-1-5-13(15)14-6-2-4-8-16(14)17/h1-8,17-18,22,24H,9-12H2,(H,21,23). The van der Waals surface area contributed by atoms with Crippen LogP contribution in [0.25, 0.3) is 11.1 Å². The second-order valence-corrected chi connectivity index (χ2v) is 6.81. The van der Waals surface area contributed by atoms with E-state index in [1.54, 1.807) is 0 Å². The Morgan fingerprint density at radius 1 is 1.12 bits per heavy atom. The fourth-order valence-corrected chi connectivity index (χ4v) is 3.61. The Balaban J connectivity index is 1.47. The second-order valence-electron chi connectivity index (χ2n) is 6.81. The lowest BCUT2D eigenvalue weighted by atomic mass is 9.98. The van der Waals surface area contributed by atoms with E-state index in [1.807, 2.05) is 24.3 Å². The topological polar surface area (TPSA) is 78.8 Å². The number of amides is 1. The molecule has 1 atom stereocenters. The van der Waals surface area contributed by atoms with Gasteiger partial charge in [0.2, 0.25) is 0 Å². The zero-order chi connectivity index (χ0) is 17.4. The molecule has 1 amide bonds. The lowest BCUT2D eigenvalue weighted by molar-refractivity contribution is 0.0611. The highest BCUT2D eigenvalue weighted by atomic mass is 16.5. The third-order valence-electron chi connectivity index (χ3n) is 5.23. The minimum Gasteiger partial charge on any atom is -0.449 e. The Kier molecular flexibility index (Phi) is 3.98. The number of benzene rings is 2. The van der Waals surface area contributed by atoms with Crippen LogP contribution < -0.4 is 5.32 Å². The molecular formula is C20H21NO4. The van der Waals surface area contributed by atoms with Crippen molar-refractivity contribution in [1.82, 2.24) is 5.32 Å². The van der Waals surface area contributed by atoms with Crippen molar-refractivity contribution >= 4 is 6.09 Å². The number of carbonyl (C=O) groups excluding carboxylic acids is 1. The SMILES string of the molecule is O=C(NC(CO)C1(O)CC1)OCC1c2ccccc2-c2ccccc21. The van der Waals surface area contributed by atoms with E-state index < -0.39 is 17.7 Å². The van der Waals surface area contributed by atoms with E-state index in [2.05, 4.69) is 29.6 Å². The van der Waals surface area contributed by atoms with E-state index >= 15 is 0 Å². The van der Waals surface area contributed by atoms with E-state index in [1.165, 1.54) is 11.1 Å². The summed E-state index contributed by atoms with van der Waals surface area (Å²) in [5.74, 6) is -0.00487. The Bertz CT molecular complexity index is 754. The first-order valence-electron chi connectivity index (χ1n) is 8.57. The maximum Gasteiger partial charge on any atom is 0.407 e. The van der Waals surface area contributed by atoms with Crippen LogP contribution in [0, 0.1) is 0 Å². The fourth-order valence-electron chi connectivity index (χ4n) is 3.61. The van der Waals surface area contributed by atoms with Gasteiger partial charge in [0.1, 0.15) is 6.61 Å². The third-order valence-corrected chi connectivity index (χ3v) is 5.23. The highest BCUT2D eigenvalue weighted by Gasteiger charge is 2.48. The lowest BCUT2D eigenvalue weighted by Gasteiger charge is -2.22. The molecule has 4 rings (SSSR count). The summed E-state index contributed by atoms with van der Waals surface area (Å²) in [5.41, 5.74) is 3.66. The van der Waals surface area contributed by atoms with Gasteiger partial charge in [-0.15, -0.1) is 0 Å². The normalized spacial score (nSPS) is 18.2. The summed E-state index contributed by atoms with van der Waals surface area (Å²) >= 11 is 0. The zero-order valence-corrected chi connectivity index (χ0v) is 13.8. The van der Waals surface area contributed by atoms with Gasteiger partial charge in [0.05, 0.1) is 18.2 Å². The maximum absolute atomic E-state index is 12.1. The van der Waals surface area contributed by atoms with E-state index in [-0.39, 0.29) is 19.1 Å². The molecule has 0 radical (unpaired) electrons. The first-order valence-corrected chi connectivity index (χ1v) is 8.57. The van der Waals surface area contributed by atoms with Crippen LogP contribution in [0.1, 0.15) is 29.9 Å². The van der Waals surface area contributed by atoms with Crippen LogP contribution in [-0.4, -0.2) is 41.2 Å². The van der Waals surface area contributed by atoms with Crippen LogP contribution in [0.15, 0.2) is 48.5 Å². The molecule has 2 aliphatic carbocycles. The van der Waals surface area contributed by atoms with Crippen molar-refractivity contribution in [3.8, 4) is 11.1 Å². The van der Waals surface area contributed by atoms with Crippen LogP contribution in [-0.2, 0) is 4.74 Å². The number of ether oxygens (including phenoxy) is 1. The lowest BCUT2D eigenvalue weighted by Crippen LogP contribution is -2.47. The van der Waals surface area contributed by atoms with Crippen molar-refractivity contribution in [3.63, 3.8) is 0 Å². The van der Waals surface area contributed by atoms with Crippen LogP contribution in [0.2, 0.25) is 0 Å². The third kappa shape index (κ3) is 2.90. The largest absolute Gasteiger partial charge is 0.449 e. The molecule has 0 spiro atoms. The summed E-state index contributed by atoms with van der Waals surface area (Å²) < 4.78 is 5.42. The molecule has 0 aromatic heterocycles. The van der Waals surface area contributed by atoms with Gasteiger partial charge in [-0.3, -0.25) is 0 Å². The minimum absolute atomic E-state index is 0.00487. The van der Waals surface area contributed by atoms with Gasteiger partial charge in [0, 0.05) is 5.92 Å². The van der Waals surface area contributed by atoms with Crippen molar-refractivity contribution in [1.29, 1.82) is 0 Å². The van der Waals surface area contributed by atoms with Gasteiger partial charge in [0.25, 0.3) is 0 Å². The predicted octanol–water partition coefficient (Wildman–Crippen LogP) is 2.41. The number of nitrogens with one attached hydrogen (secondary N) is 1. The average Bonchev–Trinajstić information content (AvgIpc) is 3.30. The summed E-state index contributed by atoms with van der Waals surface area (Å²) in [6, 6.07) is 15.6. The van der Waals surface area contributed by atoms with Crippen LogP contribution in [0.3, 0.4) is 0 Å². The van der Waals surface area contributed by atoms with Crippen molar-refractivity contribution in [2.24, 2.45) is 0 Å². The minimum atomic E-state index is -0.986. The van der Waals surface area contributed by atoms with Gasteiger partial charge in [0.15, 0.2) is 0 Å². The van der Waals surface area contributed by atoms with Crippen LogP contribution in [0.5, 0.6) is 0 Å². The van der Waals surface area contributed by atoms with Crippen molar-refractivity contribution < 1.29 is 19.7 Å². The van der Waals surface area contributed by atoms with Gasteiger partial charge in [-0.05, 0) is 35.1 Å². The molecule has 0 aliphatic heterocycles. The molecule has 25 heavy (non-hydrogen) atoms. The summed E-state index contributed by atoms with van der Waals surface area (Å²) in [7, 11) is 0. The van der Waals surface area contributed by atoms with Gasteiger partial charge >= 0.3 is 6.09 Å². The van der Waals surface area contributed by atoms with E-state index in [9.17, 15) is 15.0 Å². The van der Waals surface area contributed by atoms with Crippen LogP contribution in [0.4, 0.5) is 4.79 Å². The first kappa shape index (κ1) is 16.1. The molecule has 5 heteroatoms. The van der Waals surface area contributed by atoms with Crippen LogP contribution >= 0.6 is 0 Å². The molecule has 3 N–H and O–H groups in total. The molecule has 2 aromatic carbocycles. The second kappa shape index (κ2) is 6.17. The number of aliphatic hydroxyl groups excluding tert-OH is 1. The highest BCUT2D eigenvalue weighted by molar-refractivity contribution is 5.79. The zero-order valence-electron chi connectivity index (χ0n) is 13.8. The summed E-state index contributed by atoms with van der Waals surface area (Å²) in [4.78, 5) is 12.1. The molecule has 1 saturated carbocycles. The van der Waals surface area contributed by atoms with Crippen molar-refractivity contribution in [2.75, 3.05) is 13.2 Å². The van der Waals surface area contributed by atoms with Gasteiger partial charge in [-0.25, -0.2) is 4.79 Å². The van der Waals surface area contributed by atoms with E-state index in [0.29, 0.717) is 12.8 Å². The number of aliphatic hydroxyl groups is 2. The molecule has 0 saturated heterocycles. The summed E-state index contributed by atoms with van der Waals surface area (Å²) in [6.45, 7) is -0.0862. The van der Waals surface area contributed by atoms with Gasteiger partial charge in [-0.2, -0.15) is 0 Å². The number of rotatable bonds is 5. The fraction of sp³-hybridized carbons (Fsp3) is 0.350. The van der Waals surface area contributed by atoms with Gasteiger partial charge < -0.3 is 20.3 Å². The molecule has 2 aliphatic rings. The number of alkyl carbamates (subject to hydrolysis) is 1. The predicted molar refractivity (Wildman–Crippen MR) is 93.3 cm³/mol. The van der Waals surface area contributed by atoms with Gasteiger partial charge in [-0.1, -0.05) is 48.5 Å². The number of hydrogen-bond acceptors (Lipinski definition) is 4. The molecule has 5 nitrogen and oxygen atoms in total. The number of carbonyl (C=O) groups is 1. The summed E-state index contributed by atoms with van der Waals surface area (Å²) in [5, 5.41) is 22.0. The Morgan fingerprint density at radius 3 is 2.20 bits per heavy atom. The maximum atomic E-state index is 12.1. The molecule has 1 fully saturated rings. The Morgan fingerprint density at radius 2 is 1.68 bits per heavy atom. The van der Waals surface area contributed by atoms with Crippen molar-refractivity contribution in [3.05, 3.63) is 59.7 Å². The molecular weight excluding hydrogens is 318 g/mol. The number of hydrogen-bond donors (Lipinski definition) is 3.